The summed E-state index contributed by atoms with van der Waals surface area (Å²) in [6.07, 6.45) is -12.3. The third-order valence-corrected chi connectivity index (χ3v) is 2.94. The summed E-state index contributed by atoms with van der Waals surface area (Å²) in [6.45, 7) is 0.132. The Kier molecular flexibility index (Phi) is 2.43. The SMILES string of the molecule is FC(F)(F)C1(C(F)(F)F)OC2OCCCC21. The van der Waals surface area contributed by atoms with Gasteiger partial charge in [0.25, 0.3) is 5.60 Å². The van der Waals surface area contributed by atoms with E-state index in [0.29, 0.717) is 0 Å². The summed E-state index contributed by atoms with van der Waals surface area (Å²) < 4.78 is 83.8. The molecule has 2 fully saturated rings. The zero-order valence-corrected chi connectivity index (χ0v) is 7.86. The number of ether oxygens (including phenoxy) is 2. The fourth-order valence-corrected chi connectivity index (χ4v) is 2.18. The standard InChI is InChI=1S/C8H8F6O2/c9-7(10,11)6(8(12,13)14)4-2-1-3-15-5(4)16-6/h4-5H,1-3H2. The topological polar surface area (TPSA) is 18.5 Å². The molecule has 2 nitrogen and oxygen atoms in total. The third kappa shape index (κ3) is 1.35. The number of hydrogen-bond donors (Lipinski definition) is 0. The third-order valence-electron chi connectivity index (χ3n) is 2.94. The summed E-state index contributed by atoms with van der Waals surface area (Å²) in [5.41, 5.74) is -4.04. The van der Waals surface area contributed by atoms with Crippen LogP contribution in [0.25, 0.3) is 0 Å². The van der Waals surface area contributed by atoms with Crippen LogP contribution >= 0.6 is 0 Å². The smallest absolute Gasteiger partial charge is 0.352 e. The van der Waals surface area contributed by atoms with Gasteiger partial charge in [-0.15, -0.1) is 0 Å². The predicted molar refractivity (Wildman–Crippen MR) is 38.4 cm³/mol. The Morgan fingerprint density at radius 2 is 1.56 bits per heavy atom. The number of alkyl halides is 6. The lowest BCUT2D eigenvalue weighted by Crippen LogP contribution is -2.75. The summed E-state index contributed by atoms with van der Waals surface area (Å²) in [5.74, 6) is -1.68. The summed E-state index contributed by atoms with van der Waals surface area (Å²) >= 11 is 0. The van der Waals surface area contributed by atoms with Crippen molar-refractivity contribution in [3.05, 3.63) is 0 Å². The number of fused-ring (bicyclic) bond motifs is 1. The molecule has 2 unspecified atom stereocenters. The second-order valence-electron chi connectivity index (χ2n) is 3.84. The van der Waals surface area contributed by atoms with Crippen molar-refractivity contribution >= 4 is 0 Å². The molecule has 0 N–H and O–H groups in total. The molecule has 0 aromatic rings. The van der Waals surface area contributed by atoms with Gasteiger partial charge in [-0.25, -0.2) is 0 Å². The minimum Gasteiger partial charge on any atom is -0.352 e. The normalized spacial score (nSPS) is 34.1. The van der Waals surface area contributed by atoms with Gasteiger partial charge in [0.1, 0.15) is 0 Å². The van der Waals surface area contributed by atoms with Crippen molar-refractivity contribution in [2.75, 3.05) is 6.61 Å². The zero-order chi connectivity index (χ0) is 12.2. The van der Waals surface area contributed by atoms with Crippen molar-refractivity contribution in [2.24, 2.45) is 5.92 Å². The Bertz CT molecular complexity index is 269. The molecule has 0 aromatic heterocycles. The van der Waals surface area contributed by atoms with E-state index in [9.17, 15) is 26.3 Å². The van der Waals surface area contributed by atoms with Crippen molar-refractivity contribution in [2.45, 2.75) is 37.1 Å². The first kappa shape index (κ1) is 12.0. The maximum Gasteiger partial charge on any atom is 0.427 e. The number of hydrogen-bond acceptors (Lipinski definition) is 2. The molecule has 0 radical (unpaired) electrons. The monoisotopic (exact) mass is 250 g/mol. The molecule has 0 saturated carbocycles. The second-order valence-corrected chi connectivity index (χ2v) is 3.84. The van der Waals surface area contributed by atoms with Crippen LogP contribution in [0, 0.1) is 5.92 Å². The van der Waals surface area contributed by atoms with E-state index in [-0.39, 0.29) is 19.4 Å². The molecule has 0 aromatic carbocycles. The van der Waals surface area contributed by atoms with E-state index in [2.05, 4.69) is 4.74 Å². The molecular formula is C8H8F6O2. The molecule has 2 rings (SSSR count). The summed E-state index contributed by atoms with van der Waals surface area (Å²) in [7, 11) is 0. The van der Waals surface area contributed by atoms with E-state index in [0.717, 1.165) is 0 Å². The lowest BCUT2D eigenvalue weighted by atomic mass is 9.75. The Morgan fingerprint density at radius 3 is 2.00 bits per heavy atom. The van der Waals surface area contributed by atoms with Gasteiger partial charge in [-0.2, -0.15) is 26.3 Å². The molecule has 0 spiro atoms. The Morgan fingerprint density at radius 1 is 1.00 bits per heavy atom. The first-order valence-electron chi connectivity index (χ1n) is 4.63. The van der Waals surface area contributed by atoms with Crippen LogP contribution in [0.5, 0.6) is 0 Å². The molecule has 8 heteroatoms. The Balaban J connectivity index is 2.32. The van der Waals surface area contributed by atoms with Crippen LogP contribution in [-0.4, -0.2) is 30.9 Å². The maximum atomic E-state index is 12.5. The van der Waals surface area contributed by atoms with Gasteiger partial charge in [-0.1, -0.05) is 0 Å². The van der Waals surface area contributed by atoms with Gasteiger partial charge in [-0.05, 0) is 12.8 Å². The quantitative estimate of drug-likeness (QED) is 0.615. The van der Waals surface area contributed by atoms with Crippen molar-refractivity contribution in [1.29, 1.82) is 0 Å². The lowest BCUT2D eigenvalue weighted by molar-refractivity contribution is -0.505. The molecule has 0 aliphatic carbocycles. The van der Waals surface area contributed by atoms with Gasteiger partial charge in [-0.3, -0.25) is 0 Å². The molecule has 0 bridgehead atoms. The van der Waals surface area contributed by atoms with Crippen LogP contribution in [0.4, 0.5) is 26.3 Å². The van der Waals surface area contributed by atoms with Crippen molar-refractivity contribution in [3.8, 4) is 0 Å². The molecule has 16 heavy (non-hydrogen) atoms. The van der Waals surface area contributed by atoms with Crippen LogP contribution in [0.3, 0.4) is 0 Å². The zero-order valence-electron chi connectivity index (χ0n) is 7.86. The van der Waals surface area contributed by atoms with Gasteiger partial charge in [0, 0.05) is 6.61 Å². The first-order chi connectivity index (χ1) is 7.20. The van der Waals surface area contributed by atoms with Crippen LogP contribution in [-0.2, 0) is 9.47 Å². The lowest BCUT2D eigenvalue weighted by Gasteiger charge is -2.56. The molecule has 0 amide bonds. The van der Waals surface area contributed by atoms with Gasteiger partial charge in [0.2, 0.25) is 0 Å². The average molecular weight is 250 g/mol. The molecule has 2 aliphatic heterocycles. The largest absolute Gasteiger partial charge is 0.427 e. The minimum absolute atomic E-state index is 0.132. The van der Waals surface area contributed by atoms with Crippen LogP contribution in [0.1, 0.15) is 12.8 Å². The average Bonchev–Trinajstić information content (AvgIpc) is 2.02. The van der Waals surface area contributed by atoms with E-state index >= 15 is 0 Å². The molecular weight excluding hydrogens is 242 g/mol. The predicted octanol–water partition coefficient (Wildman–Crippen LogP) is 2.63. The summed E-state index contributed by atoms with van der Waals surface area (Å²) in [6, 6.07) is 0. The van der Waals surface area contributed by atoms with E-state index in [4.69, 9.17) is 4.74 Å². The highest BCUT2D eigenvalue weighted by Crippen LogP contribution is 2.60. The summed E-state index contributed by atoms with van der Waals surface area (Å²) in [4.78, 5) is 0. The number of halogens is 6. The van der Waals surface area contributed by atoms with E-state index in [1.54, 1.807) is 0 Å². The van der Waals surface area contributed by atoms with Crippen molar-refractivity contribution in [3.63, 3.8) is 0 Å². The highest BCUT2D eigenvalue weighted by Gasteiger charge is 2.83. The van der Waals surface area contributed by atoms with E-state index < -0.39 is 30.2 Å². The summed E-state index contributed by atoms with van der Waals surface area (Å²) in [5, 5.41) is 0. The van der Waals surface area contributed by atoms with E-state index in [1.807, 2.05) is 0 Å². The molecule has 94 valence electrons. The Hall–Kier alpha value is -0.500. The fourth-order valence-electron chi connectivity index (χ4n) is 2.18. The molecule has 2 aliphatic rings. The van der Waals surface area contributed by atoms with Crippen LogP contribution < -0.4 is 0 Å². The van der Waals surface area contributed by atoms with Crippen LogP contribution in [0.2, 0.25) is 0 Å². The van der Waals surface area contributed by atoms with Gasteiger partial charge in [0.05, 0.1) is 5.92 Å². The fraction of sp³-hybridized carbons (Fsp3) is 1.00. The Labute approximate surface area is 86.5 Å². The molecule has 2 heterocycles. The van der Waals surface area contributed by atoms with Gasteiger partial charge in [0.15, 0.2) is 6.29 Å². The van der Waals surface area contributed by atoms with Gasteiger partial charge >= 0.3 is 12.4 Å². The highest BCUT2D eigenvalue weighted by atomic mass is 19.4. The maximum absolute atomic E-state index is 12.5. The van der Waals surface area contributed by atoms with Crippen molar-refractivity contribution < 1.29 is 35.8 Å². The van der Waals surface area contributed by atoms with Crippen LogP contribution in [0.15, 0.2) is 0 Å². The second kappa shape index (κ2) is 3.25. The van der Waals surface area contributed by atoms with Crippen molar-refractivity contribution in [1.82, 2.24) is 0 Å². The highest BCUT2D eigenvalue weighted by molar-refractivity contribution is 5.09. The number of rotatable bonds is 0. The molecule has 2 atom stereocenters. The molecule has 2 saturated heterocycles. The van der Waals surface area contributed by atoms with E-state index in [1.165, 1.54) is 0 Å². The van der Waals surface area contributed by atoms with Gasteiger partial charge < -0.3 is 9.47 Å². The minimum atomic E-state index is -5.47. The first-order valence-corrected chi connectivity index (χ1v) is 4.63.